The molecule has 2 heteroatoms. The average molecular weight is 267 g/mol. The maximum absolute atomic E-state index is 6.53. The van der Waals surface area contributed by atoms with Crippen molar-refractivity contribution in [2.75, 3.05) is 6.54 Å². The molecule has 2 nitrogen and oxygen atoms in total. The van der Waals surface area contributed by atoms with Crippen LogP contribution in [0.15, 0.2) is 0 Å². The van der Waals surface area contributed by atoms with E-state index in [0.29, 0.717) is 29.1 Å². The van der Waals surface area contributed by atoms with Crippen LogP contribution in [0.2, 0.25) is 0 Å². The van der Waals surface area contributed by atoms with E-state index in [0.717, 1.165) is 18.9 Å². The molecule has 2 saturated carbocycles. The molecule has 112 valence electrons. The first-order chi connectivity index (χ1) is 8.86. The fraction of sp³-hybridized carbons (Fsp3) is 1.00. The van der Waals surface area contributed by atoms with Crippen molar-refractivity contribution in [3.05, 3.63) is 0 Å². The summed E-state index contributed by atoms with van der Waals surface area (Å²) < 4.78 is 6.53. The quantitative estimate of drug-likeness (QED) is 0.785. The Hall–Kier alpha value is -0.0800. The minimum Gasteiger partial charge on any atom is -0.373 e. The molecule has 2 fully saturated rings. The molecule has 5 unspecified atom stereocenters. The van der Waals surface area contributed by atoms with Crippen LogP contribution in [0.3, 0.4) is 0 Å². The highest BCUT2D eigenvalue weighted by Gasteiger charge is 2.62. The van der Waals surface area contributed by atoms with Crippen molar-refractivity contribution < 1.29 is 4.74 Å². The van der Waals surface area contributed by atoms with Gasteiger partial charge in [-0.3, -0.25) is 0 Å². The van der Waals surface area contributed by atoms with E-state index in [-0.39, 0.29) is 0 Å². The molecular formula is C17H33NO. The van der Waals surface area contributed by atoms with E-state index < -0.39 is 0 Å². The lowest BCUT2D eigenvalue weighted by Crippen LogP contribution is -2.45. The van der Waals surface area contributed by atoms with E-state index in [4.69, 9.17) is 4.74 Å². The lowest BCUT2D eigenvalue weighted by Gasteiger charge is -2.41. The first kappa shape index (κ1) is 15.3. The standard InChI is InChI=1S/C17H33NO/c1-7-14(18-8-2)12(3)19-15-11-13-9-10-17(15,6)16(13,4)5/h12-15,18H,7-11H2,1-6H3. The Morgan fingerprint density at radius 2 is 1.95 bits per heavy atom. The molecule has 0 aromatic heterocycles. The van der Waals surface area contributed by atoms with Gasteiger partial charge in [0.15, 0.2) is 0 Å². The van der Waals surface area contributed by atoms with Crippen molar-refractivity contribution >= 4 is 0 Å². The predicted octanol–water partition coefficient (Wildman–Crippen LogP) is 3.99. The van der Waals surface area contributed by atoms with Crippen molar-refractivity contribution in [2.45, 2.75) is 85.5 Å². The van der Waals surface area contributed by atoms with Crippen molar-refractivity contribution in [3.8, 4) is 0 Å². The highest BCUT2D eigenvalue weighted by atomic mass is 16.5. The first-order valence-electron chi connectivity index (χ1n) is 8.25. The van der Waals surface area contributed by atoms with Crippen LogP contribution in [0.5, 0.6) is 0 Å². The smallest absolute Gasteiger partial charge is 0.0703 e. The number of rotatable bonds is 6. The topological polar surface area (TPSA) is 21.3 Å². The molecule has 1 N–H and O–H groups in total. The first-order valence-corrected chi connectivity index (χ1v) is 8.25. The molecule has 2 bridgehead atoms. The van der Waals surface area contributed by atoms with E-state index in [9.17, 15) is 0 Å². The van der Waals surface area contributed by atoms with Gasteiger partial charge in [0.2, 0.25) is 0 Å². The third kappa shape index (κ3) is 2.35. The highest BCUT2D eigenvalue weighted by Crippen LogP contribution is 2.66. The maximum Gasteiger partial charge on any atom is 0.0703 e. The molecule has 0 radical (unpaired) electrons. The summed E-state index contributed by atoms with van der Waals surface area (Å²) in [4.78, 5) is 0. The molecule has 0 aromatic carbocycles. The zero-order chi connectivity index (χ0) is 14.3. The second kappa shape index (κ2) is 5.37. The summed E-state index contributed by atoms with van der Waals surface area (Å²) in [5.74, 6) is 0.869. The van der Waals surface area contributed by atoms with E-state index in [1.54, 1.807) is 0 Å². The monoisotopic (exact) mass is 267 g/mol. The Morgan fingerprint density at radius 3 is 2.37 bits per heavy atom. The van der Waals surface area contributed by atoms with Gasteiger partial charge in [0.25, 0.3) is 0 Å². The Morgan fingerprint density at radius 1 is 1.26 bits per heavy atom. The van der Waals surface area contributed by atoms with Crippen molar-refractivity contribution in [3.63, 3.8) is 0 Å². The second-order valence-electron chi connectivity index (χ2n) is 7.51. The zero-order valence-corrected chi connectivity index (χ0v) is 13.8. The van der Waals surface area contributed by atoms with Crippen LogP contribution < -0.4 is 5.32 Å². The second-order valence-corrected chi connectivity index (χ2v) is 7.51. The van der Waals surface area contributed by atoms with Gasteiger partial charge in [-0.25, -0.2) is 0 Å². The van der Waals surface area contributed by atoms with Gasteiger partial charge in [-0.15, -0.1) is 0 Å². The Balaban J connectivity index is 2.01. The molecule has 5 atom stereocenters. The fourth-order valence-electron chi connectivity index (χ4n) is 4.59. The third-order valence-electron chi connectivity index (χ3n) is 6.57. The Kier molecular flexibility index (Phi) is 4.32. The molecule has 19 heavy (non-hydrogen) atoms. The highest BCUT2D eigenvalue weighted by molar-refractivity contribution is 5.11. The van der Waals surface area contributed by atoms with Crippen LogP contribution in [0.25, 0.3) is 0 Å². The number of hydrogen-bond donors (Lipinski definition) is 1. The summed E-state index contributed by atoms with van der Waals surface area (Å²) in [6.07, 6.45) is 5.95. The molecular weight excluding hydrogens is 234 g/mol. The normalized spacial score (nSPS) is 39.5. The maximum atomic E-state index is 6.53. The summed E-state index contributed by atoms with van der Waals surface area (Å²) in [6.45, 7) is 15.1. The molecule has 0 spiro atoms. The fourth-order valence-corrected chi connectivity index (χ4v) is 4.59. The lowest BCUT2D eigenvalue weighted by atomic mass is 9.70. The number of fused-ring (bicyclic) bond motifs is 2. The number of ether oxygens (including phenoxy) is 1. The largest absolute Gasteiger partial charge is 0.373 e. The van der Waals surface area contributed by atoms with Gasteiger partial charge < -0.3 is 10.1 Å². The van der Waals surface area contributed by atoms with E-state index in [1.807, 2.05) is 0 Å². The molecule has 0 heterocycles. The average Bonchev–Trinajstić information content (AvgIpc) is 2.68. The lowest BCUT2D eigenvalue weighted by molar-refractivity contribution is -0.0909. The molecule has 2 rings (SSSR count). The van der Waals surface area contributed by atoms with E-state index >= 15 is 0 Å². The SMILES string of the molecule is CCNC(CC)C(C)OC1CC2CCC1(C)C2(C)C. The number of likely N-dealkylation sites (N-methyl/N-ethyl adjacent to an activating group) is 1. The zero-order valence-electron chi connectivity index (χ0n) is 13.8. The summed E-state index contributed by atoms with van der Waals surface area (Å²) >= 11 is 0. The van der Waals surface area contributed by atoms with Crippen LogP contribution >= 0.6 is 0 Å². The third-order valence-corrected chi connectivity index (χ3v) is 6.57. The van der Waals surface area contributed by atoms with Gasteiger partial charge in [-0.2, -0.15) is 0 Å². The minimum absolute atomic E-state index is 0.321. The van der Waals surface area contributed by atoms with Crippen LogP contribution in [0, 0.1) is 16.7 Å². The molecule has 0 saturated heterocycles. The number of nitrogens with one attached hydrogen (secondary N) is 1. The molecule has 0 aliphatic heterocycles. The van der Waals surface area contributed by atoms with Crippen molar-refractivity contribution in [1.82, 2.24) is 5.32 Å². The van der Waals surface area contributed by atoms with Crippen LogP contribution in [0.1, 0.15) is 67.2 Å². The van der Waals surface area contributed by atoms with Crippen molar-refractivity contribution in [2.24, 2.45) is 16.7 Å². The molecule has 0 aromatic rings. The summed E-state index contributed by atoms with van der Waals surface area (Å²) in [5.41, 5.74) is 0.841. The minimum atomic E-state index is 0.321. The molecule has 0 amide bonds. The Labute approximate surface area is 119 Å². The van der Waals surface area contributed by atoms with E-state index in [2.05, 4.69) is 46.9 Å². The van der Waals surface area contributed by atoms with Gasteiger partial charge >= 0.3 is 0 Å². The molecule has 2 aliphatic carbocycles. The summed E-state index contributed by atoms with van der Waals surface area (Å²) in [7, 11) is 0. The van der Waals surface area contributed by atoms with Crippen LogP contribution in [0.4, 0.5) is 0 Å². The van der Waals surface area contributed by atoms with Gasteiger partial charge in [0, 0.05) is 6.04 Å². The van der Waals surface area contributed by atoms with Gasteiger partial charge in [-0.05, 0) is 55.9 Å². The van der Waals surface area contributed by atoms with Crippen LogP contribution in [-0.2, 0) is 4.74 Å². The Bertz CT molecular complexity index is 314. The molecule has 2 aliphatic rings. The summed E-state index contributed by atoms with van der Waals surface area (Å²) in [5, 5.41) is 3.56. The number of hydrogen-bond acceptors (Lipinski definition) is 2. The van der Waals surface area contributed by atoms with E-state index in [1.165, 1.54) is 19.3 Å². The van der Waals surface area contributed by atoms with Crippen LogP contribution in [-0.4, -0.2) is 24.8 Å². The summed E-state index contributed by atoms with van der Waals surface area (Å²) in [6, 6.07) is 0.496. The van der Waals surface area contributed by atoms with Gasteiger partial charge in [0.1, 0.15) is 0 Å². The predicted molar refractivity (Wildman–Crippen MR) is 81.3 cm³/mol. The van der Waals surface area contributed by atoms with Gasteiger partial charge in [0.05, 0.1) is 12.2 Å². The van der Waals surface area contributed by atoms with Crippen molar-refractivity contribution in [1.29, 1.82) is 0 Å². The van der Waals surface area contributed by atoms with Gasteiger partial charge in [-0.1, -0.05) is 34.6 Å².